The van der Waals surface area contributed by atoms with Gasteiger partial charge < -0.3 is 5.11 Å². The molecule has 0 heterocycles. The van der Waals surface area contributed by atoms with Crippen molar-refractivity contribution >= 4 is 0 Å². The van der Waals surface area contributed by atoms with Crippen LogP contribution < -0.4 is 0 Å². The van der Waals surface area contributed by atoms with Crippen LogP contribution in [0.15, 0.2) is 11.6 Å². The molecule has 0 aromatic carbocycles. The average molecular weight is 401 g/mol. The molecule has 1 N–H and O–H groups in total. The molecule has 4 saturated carbocycles. The van der Waals surface area contributed by atoms with Gasteiger partial charge in [-0.05, 0) is 123 Å². The van der Waals surface area contributed by atoms with Gasteiger partial charge >= 0.3 is 0 Å². The zero-order valence-corrected chi connectivity index (χ0v) is 20.2. The third-order valence-corrected chi connectivity index (χ3v) is 10.9. The lowest BCUT2D eigenvalue weighted by molar-refractivity contribution is -0.0800. The Kier molecular flexibility index (Phi) is 6.29. The third kappa shape index (κ3) is 3.88. The van der Waals surface area contributed by atoms with Crippen molar-refractivity contribution < 1.29 is 5.11 Å². The Labute approximate surface area is 181 Å². The van der Waals surface area contributed by atoms with Gasteiger partial charge in [0.2, 0.25) is 0 Å². The summed E-state index contributed by atoms with van der Waals surface area (Å²) < 4.78 is 0. The second kappa shape index (κ2) is 8.33. The molecule has 0 amide bonds. The molecule has 0 radical (unpaired) electrons. The Bertz CT molecular complexity index is 605. The van der Waals surface area contributed by atoms with E-state index in [9.17, 15) is 5.11 Å². The van der Waals surface area contributed by atoms with Crippen LogP contribution in [0.2, 0.25) is 0 Å². The minimum absolute atomic E-state index is 0.00150. The fraction of sp³-hybridized carbons (Fsp3) is 0.929. The standard InChI is InChI=1S/C28H48O/c1-17(2)20(5)18(3)15-19(4)26-11-12-27-25-9-7-21-16-22(29)8-10-23(21)24(25)13-14-28(26,27)6/h15,17,19-27,29H,7-14,16H2,1-6H3. The van der Waals surface area contributed by atoms with E-state index in [0.29, 0.717) is 11.3 Å². The van der Waals surface area contributed by atoms with Crippen molar-refractivity contribution in [2.45, 2.75) is 105 Å². The molecule has 0 bridgehead atoms. The van der Waals surface area contributed by atoms with Gasteiger partial charge in [0.15, 0.2) is 0 Å². The highest BCUT2D eigenvalue weighted by molar-refractivity contribution is 5.12. The maximum absolute atomic E-state index is 10.2. The van der Waals surface area contributed by atoms with Gasteiger partial charge in [0, 0.05) is 0 Å². The summed E-state index contributed by atoms with van der Waals surface area (Å²) in [6.45, 7) is 14.7. The topological polar surface area (TPSA) is 20.2 Å². The summed E-state index contributed by atoms with van der Waals surface area (Å²) in [4.78, 5) is 0. The first-order valence-electron chi connectivity index (χ1n) is 13.1. The minimum atomic E-state index is 0.00150. The molecule has 4 rings (SSSR count). The number of rotatable bonds is 4. The number of fused-ring (bicyclic) bond motifs is 5. The number of aliphatic hydroxyl groups excluding tert-OH is 1. The van der Waals surface area contributed by atoms with E-state index in [1.165, 1.54) is 44.9 Å². The third-order valence-electron chi connectivity index (χ3n) is 10.9. The monoisotopic (exact) mass is 400 g/mol. The zero-order valence-electron chi connectivity index (χ0n) is 20.2. The van der Waals surface area contributed by atoms with Crippen LogP contribution in [0, 0.1) is 58.7 Å². The van der Waals surface area contributed by atoms with Crippen LogP contribution in [-0.4, -0.2) is 11.2 Å². The molecule has 4 aliphatic carbocycles. The Morgan fingerprint density at radius 1 is 0.897 bits per heavy atom. The molecule has 0 aromatic heterocycles. The summed E-state index contributed by atoms with van der Waals surface area (Å²) >= 11 is 0. The molecule has 10 unspecified atom stereocenters. The minimum Gasteiger partial charge on any atom is -0.393 e. The first-order chi connectivity index (χ1) is 13.7. The molecular weight excluding hydrogens is 352 g/mol. The van der Waals surface area contributed by atoms with Gasteiger partial charge in [-0.1, -0.05) is 46.3 Å². The number of allylic oxidation sites excluding steroid dienone is 2. The summed E-state index contributed by atoms with van der Waals surface area (Å²) in [5, 5.41) is 10.2. The normalized spacial score (nSPS) is 47.3. The largest absolute Gasteiger partial charge is 0.393 e. The molecule has 10 atom stereocenters. The summed E-state index contributed by atoms with van der Waals surface area (Å²) in [7, 11) is 0. The summed E-state index contributed by atoms with van der Waals surface area (Å²) in [6, 6.07) is 0. The van der Waals surface area contributed by atoms with Gasteiger partial charge in [0.1, 0.15) is 0 Å². The molecule has 1 heteroatoms. The van der Waals surface area contributed by atoms with Crippen LogP contribution in [0.5, 0.6) is 0 Å². The summed E-state index contributed by atoms with van der Waals surface area (Å²) in [5.41, 5.74) is 2.19. The van der Waals surface area contributed by atoms with E-state index in [4.69, 9.17) is 0 Å². The van der Waals surface area contributed by atoms with Gasteiger partial charge in [-0.25, -0.2) is 0 Å². The van der Waals surface area contributed by atoms with E-state index in [1.54, 1.807) is 5.57 Å². The van der Waals surface area contributed by atoms with Crippen LogP contribution in [0.25, 0.3) is 0 Å². The molecule has 0 aromatic rings. The van der Waals surface area contributed by atoms with Gasteiger partial charge in [-0.2, -0.15) is 0 Å². The second-order valence-corrected chi connectivity index (χ2v) is 12.4. The van der Waals surface area contributed by atoms with E-state index in [-0.39, 0.29) is 6.10 Å². The van der Waals surface area contributed by atoms with E-state index in [0.717, 1.165) is 60.2 Å². The fourth-order valence-electron chi connectivity index (χ4n) is 8.94. The Morgan fingerprint density at radius 3 is 2.34 bits per heavy atom. The molecular formula is C28H48O. The number of hydrogen-bond donors (Lipinski definition) is 1. The predicted octanol–water partition coefficient (Wildman–Crippen LogP) is 7.49. The molecule has 4 fully saturated rings. The van der Waals surface area contributed by atoms with Gasteiger partial charge in [0.25, 0.3) is 0 Å². The quantitative estimate of drug-likeness (QED) is 0.485. The first-order valence-corrected chi connectivity index (χ1v) is 13.1. The van der Waals surface area contributed by atoms with E-state index in [2.05, 4.69) is 47.6 Å². The maximum atomic E-state index is 10.2. The van der Waals surface area contributed by atoms with Crippen LogP contribution in [0.3, 0.4) is 0 Å². The SMILES string of the molecule is CC(=CC(C)C1CCC2C3CCC4CC(O)CCC4C3CCC12C)C(C)C(C)C. The Morgan fingerprint density at radius 2 is 1.62 bits per heavy atom. The van der Waals surface area contributed by atoms with Crippen molar-refractivity contribution in [3.8, 4) is 0 Å². The van der Waals surface area contributed by atoms with E-state index >= 15 is 0 Å². The van der Waals surface area contributed by atoms with Gasteiger partial charge in [-0.15, -0.1) is 0 Å². The molecule has 0 saturated heterocycles. The molecule has 166 valence electrons. The average Bonchev–Trinajstić information content (AvgIpc) is 3.04. The lowest BCUT2D eigenvalue weighted by Crippen LogP contribution is -2.49. The highest BCUT2D eigenvalue weighted by atomic mass is 16.3. The van der Waals surface area contributed by atoms with Crippen LogP contribution in [0.4, 0.5) is 0 Å². The van der Waals surface area contributed by atoms with Crippen molar-refractivity contribution in [2.75, 3.05) is 0 Å². The maximum Gasteiger partial charge on any atom is 0.0543 e. The Balaban J connectivity index is 1.49. The molecule has 0 spiro atoms. The van der Waals surface area contributed by atoms with Gasteiger partial charge in [-0.3, -0.25) is 0 Å². The van der Waals surface area contributed by atoms with Gasteiger partial charge in [0.05, 0.1) is 6.10 Å². The molecule has 29 heavy (non-hydrogen) atoms. The predicted molar refractivity (Wildman–Crippen MR) is 124 cm³/mol. The van der Waals surface area contributed by atoms with Crippen molar-refractivity contribution in [3.05, 3.63) is 11.6 Å². The molecule has 1 nitrogen and oxygen atoms in total. The van der Waals surface area contributed by atoms with Crippen LogP contribution in [0.1, 0.15) is 99.3 Å². The van der Waals surface area contributed by atoms with E-state index in [1.807, 2.05) is 0 Å². The van der Waals surface area contributed by atoms with E-state index < -0.39 is 0 Å². The summed E-state index contributed by atoms with van der Waals surface area (Å²) in [6.07, 6.45) is 14.9. The smallest absolute Gasteiger partial charge is 0.0543 e. The lowest BCUT2D eigenvalue weighted by Gasteiger charge is -2.56. The van der Waals surface area contributed by atoms with Crippen molar-refractivity contribution in [3.63, 3.8) is 0 Å². The van der Waals surface area contributed by atoms with Crippen molar-refractivity contribution in [1.29, 1.82) is 0 Å². The van der Waals surface area contributed by atoms with Crippen LogP contribution >= 0.6 is 0 Å². The van der Waals surface area contributed by atoms with Crippen LogP contribution in [-0.2, 0) is 0 Å². The molecule has 0 aliphatic heterocycles. The zero-order chi connectivity index (χ0) is 20.9. The fourth-order valence-corrected chi connectivity index (χ4v) is 8.94. The first kappa shape index (κ1) is 21.9. The van der Waals surface area contributed by atoms with Crippen molar-refractivity contribution in [2.24, 2.45) is 58.7 Å². The molecule has 4 aliphatic rings. The number of hydrogen-bond acceptors (Lipinski definition) is 1. The number of aliphatic hydroxyl groups is 1. The Hall–Kier alpha value is -0.300. The summed E-state index contributed by atoms with van der Waals surface area (Å²) in [5.74, 6) is 7.76. The highest BCUT2D eigenvalue weighted by Crippen LogP contribution is 2.65. The van der Waals surface area contributed by atoms with Crippen molar-refractivity contribution in [1.82, 2.24) is 0 Å². The second-order valence-electron chi connectivity index (χ2n) is 12.4. The lowest BCUT2D eigenvalue weighted by atomic mass is 9.49. The highest BCUT2D eigenvalue weighted by Gasteiger charge is 2.57.